The number of likely N-dealkylation sites (N-methyl/N-ethyl adjacent to an activating group) is 1. The number of rotatable bonds is 7. The molecule has 0 fully saturated rings. The van der Waals surface area contributed by atoms with Gasteiger partial charge in [0.25, 0.3) is 0 Å². The van der Waals surface area contributed by atoms with E-state index in [1.165, 1.54) is 4.90 Å². The fourth-order valence-electron chi connectivity index (χ4n) is 2.60. The van der Waals surface area contributed by atoms with Crippen LogP contribution in [0.25, 0.3) is 11.5 Å². The monoisotopic (exact) mass is 378 g/mol. The van der Waals surface area contributed by atoms with Gasteiger partial charge in [0, 0.05) is 31.1 Å². The second-order valence-electron chi connectivity index (χ2n) is 6.53. The van der Waals surface area contributed by atoms with E-state index in [4.69, 9.17) is 4.42 Å². The van der Waals surface area contributed by atoms with Crippen molar-refractivity contribution in [3.05, 3.63) is 66.1 Å². The van der Waals surface area contributed by atoms with E-state index in [0.29, 0.717) is 23.9 Å². The second kappa shape index (κ2) is 8.94. The molecule has 0 saturated heterocycles. The first-order valence-electron chi connectivity index (χ1n) is 8.99. The van der Waals surface area contributed by atoms with Gasteiger partial charge in [0.1, 0.15) is 0 Å². The third-order valence-corrected chi connectivity index (χ3v) is 4.18. The smallest absolute Gasteiger partial charge is 0.247 e. The topological polar surface area (TPSA) is 88.3 Å². The average molecular weight is 378 g/mol. The minimum absolute atomic E-state index is 0.0220. The number of hydrogen-bond donors (Lipinski definition) is 1. The van der Waals surface area contributed by atoms with Crippen molar-refractivity contribution in [1.82, 2.24) is 15.1 Å². The molecule has 0 bridgehead atoms. The molecule has 7 nitrogen and oxygen atoms in total. The summed E-state index contributed by atoms with van der Waals surface area (Å²) in [6, 6.07) is 16.9. The van der Waals surface area contributed by atoms with Crippen molar-refractivity contribution < 1.29 is 14.0 Å². The SMILES string of the molecule is Cc1ccc(NC(=O)CN(C)C(=O)CCc2nnc(-c3ccccc3)o2)cc1. The number of benzene rings is 2. The van der Waals surface area contributed by atoms with Gasteiger partial charge in [-0.15, -0.1) is 10.2 Å². The van der Waals surface area contributed by atoms with Gasteiger partial charge in [-0.1, -0.05) is 35.9 Å². The van der Waals surface area contributed by atoms with E-state index in [-0.39, 0.29) is 24.8 Å². The van der Waals surface area contributed by atoms with E-state index in [1.807, 2.05) is 61.5 Å². The first-order valence-corrected chi connectivity index (χ1v) is 8.99. The quantitative estimate of drug-likeness (QED) is 0.683. The molecule has 0 aliphatic heterocycles. The van der Waals surface area contributed by atoms with Crippen LogP contribution in [-0.2, 0) is 16.0 Å². The van der Waals surface area contributed by atoms with Crippen LogP contribution < -0.4 is 5.32 Å². The summed E-state index contributed by atoms with van der Waals surface area (Å²) in [4.78, 5) is 25.8. The maximum atomic E-state index is 12.3. The molecule has 1 aromatic heterocycles. The van der Waals surface area contributed by atoms with Gasteiger partial charge in [-0.05, 0) is 31.2 Å². The van der Waals surface area contributed by atoms with Gasteiger partial charge >= 0.3 is 0 Å². The molecule has 2 aromatic carbocycles. The molecule has 3 aromatic rings. The summed E-state index contributed by atoms with van der Waals surface area (Å²) >= 11 is 0. The summed E-state index contributed by atoms with van der Waals surface area (Å²) in [5, 5.41) is 10.8. The van der Waals surface area contributed by atoms with E-state index in [0.717, 1.165) is 11.1 Å². The molecule has 0 spiro atoms. The van der Waals surface area contributed by atoms with Gasteiger partial charge in [-0.2, -0.15) is 0 Å². The summed E-state index contributed by atoms with van der Waals surface area (Å²) in [6.07, 6.45) is 0.507. The summed E-state index contributed by atoms with van der Waals surface area (Å²) in [5.74, 6) is 0.404. The van der Waals surface area contributed by atoms with Gasteiger partial charge in [-0.3, -0.25) is 9.59 Å². The summed E-state index contributed by atoms with van der Waals surface area (Å²) in [7, 11) is 1.60. The van der Waals surface area contributed by atoms with Crippen LogP contribution in [-0.4, -0.2) is 40.5 Å². The average Bonchev–Trinajstić information content (AvgIpc) is 3.17. The fraction of sp³-hybridized carbons (Fsp3) is 0.238. The highest BCUT2D eigenvalue weighted by Crippen LogP contribution is 2.17. The fourth-order valence-corrected chi connectivity index (χ4v) is 2.60. The predicted molar refractivity (Wildman–Crippen MR) is 106 cm³/mol. The van der Waals surface area contributed by atoms with Gasteiger partial charge in [0.2, 0.25) is 23.6 Å². The highest BCUT2D eigenvalue weighted by Gasteiger charge is 2.15. The number of nitrogens with one attached hydrogen (secondary N) is 1. The molecule has 0 aliphatic rings. The van der Waals surface area contributed by atoms with Crippen LogP contribution in [0.2, 0.25) is 0 Å². The Morgan fingerprint density at radius 3 is 2.46 bits per heavy atom. The normalized spacial score (nSPS) is 10.5. The van der Waals surface area contributed by atoms with Gasteiger partial charge in [-0.25, -0.2) is 0 Å². The van der Waals surface area contributed by atoms with Crippen molar-refractivity contribution in [3.63, 3.8) is 0 Å². The molecule has 28 heavy (non-hydrogen) atoms. The number of amides is 2. The molecule has 2 amide bonds. The molecule has 0 aliphatic carbocycles. The lowest BCUT2D eigenvalue weighted by Gasteiger charge is -2.16. The number of aromatic nitrogens is 2. The van der Waals surface area contributed by atoms with E-state index in [1.54, 1.807) is 7.05 Å². The number of anilines is 1. The highest BCUT2D eigenvalue weighted by molar-refractivity contribution is 5.94. The Hall–Kier alpha value is -3.48. The Morgan fingerprint density at radius 1 is 1.04 bits per heavy atom. The third-order valence-electron chi connectivity index (χ3n) is 4.18. The number of nitrogens with zero attached hydrogens (tertiary/aromatic N) is 3. The minimum Gasteiger partial charge on any atom is -0.421 e. The first-order chi connectivity index (χ1) is 13.5. The van der Waals surface area contributed by atoms with Crippen molar-refractivity contribution in [3.8, 4) is 11.5 Å². The van der Waals surface area contributed by atoms with E-state index >= 15 is 0 Å². The second-order valence-corrected chi connectivity index (χ2v) is 6.53. The number of carbonyl (C=O) groups excluding carboxylic acids is 2. The maximum Gasteiger partial charge on any atom is 0.247 e. The lowest BCUT2D eigenvalue weighted by atomic mass is 10.2. The van der Waals surface area contributed by atoms with Crippen LogP contribution in [0.1, 0.15) is 17.9 Å². The number of hydrogen-bond acceptors (Lipinski definition) is 5. The lowest BCUT2D eigenvalue weighted by Crippen LogP contribution is -2.35. The molecule has 0 radical (unpaired) electrons. The summed E-state index contributed by atoms with van der Waals surface area (Å²) in [5.41, 5.74) is 2.65. The van der Waals surface area contributed by atoms with E-state index in [2.05, 4.69) is 15.5 Å². The number of carbonyl (C=O) groups is 2. The summed E-state index contributed by atoms with van der Waals surface area (Å²) in [6.45, 7) is 1.95. The Balaban J connectivity index is 1.47. The first kappa shape index (κ1) is 19.3. The Labute approximate surface area is 163 Å². The van der Waals surface area contributed by atoms with Crippen LogP contribution in [0.3, 0.4) is 0 Å². The molecule has 7 heteroatoms. The van der Waals surface area contributed by atoms with Crippen LogP contribution in [0.4, 0.5) is 5.69 Å². The third kappa shape index (κ3) is 5.26. The van der Waals surface area contributed by atoms with Crippen LogP contribution in [0.15, 0.2) is 59.0 Å². The maximum absolute atomic E-state index is 12.3. The molecular formula is C21H22N4O3. The van der Waals surface area contributed by atoms with Gasteiger partial charge < -0.3 is 14.6 Å². The molecule has 3 rings (SSSR count). The molecule has 0 saturated carbocycles. The zero-order valence-electron chi connectivity index (χ0n) is 15.9. The Morgan fingerprint density at radius 2 is 1.75 bits per heavy atom. The van der Waals surface area contributed by atoms with Crippen LogP contribution >= 0.6 is 0 Å². The van der Waals surface area contributed by atoms with E-state index < -0.39 is 0 Å². The van der Waals surface area contributed by atoms with Crippen molar-refractivity contribution in [2.75, 3.05) is 18.9 Å². The van der Waals surface area contributed by atoms with Crippen molar-refractivity contribution in [2.45, 2.75) is 19.8 Å². The van der Waals surface area contributed by atoms with Crippen molar-refractivity contribution in [1.29, 1.82) is 0 Å². The Kier molecular flexibility index (Phi) is 6.16. The zero-order valence-corrected chi connectivity index (χ0v) is 15.9. The largest absolute Gasteiger partial charge is 0.421 e. The zero-order chi connectivity index (χ0) is 19.9. The van der Waals surface area contributed by atoms with Gasteiger partial charge in [0.05, 0.1) is 6.54 Å². The molecule has 0 atom stereocenters. The number of aryl methyl sites for hydroxylation is 2. The highest BCUT2D eigenvalue weighted by atomic mass is 16.4. The van der Waals surface area contributed by atoms with Crippen molar-refractivity contribution >= 4 is 17.5 Å². The lowest BCUT2D eigenvalue weighted by molar-refractivity contribution is -0.133. The summed E-state index contributed by atoms with van der Waals surface area (Å²) < 4.78 is 5.60. The Bertz CT molecular complexity index is 936. The molecule has 1 heterocycles. The van der Waals surface area contributed by atoms with Crippen molar-refractivity contribution in [2.24, 2.45) is 0 Å². The van der Waals surface area contributed by atoms with Crippen LogP contribution in [0, 0.1) is 6.92 Å². The van der Waals surface area contributed by atoms with E-state index in [9.17, 15) is 9.59 Å². The van der Waals surface area contributed by atoms with Gasteiger partial charge in [0.15, 0.2) is 0 Å². The standard InChI is InChI=1S/C21H22N4O3/c1-15-8-10-17(11-9-15)22-18(26)14-25(2)20(27)13-12-19-23-24-21(28-19)16-6-4-3-5-7-16/h3-11H,12-14H2,1-2H3,(H,22,26). The minimum atomic E-state index is -0.246. The predicted octanol–water partition coefficient (Wildman–Crippen LogP) is 3.07. The molecular weight excluding hydrogens is 356 g/mol. The molecule has 144 valence electrons. The molecule has 0 unspecified atom stereocenters. The van der Waals surface area contributed by atoms with Crippen LogP contribution in [0.5, 0.6) is 0 Å². The molecule has 1 N–H and O–H groups in total.